The highest BCUT2D eigenvalue weighted by Crippen LogP contribution is 2.52. The van der Waals surface area contributed by atoms with Gasteiger partial charge in [-0.25, -0.2) is 0 Å². The molecule has 0 aliphatic carbocycles. The third kappa shape index (κ3) is 7.68. The van der Waals surface area contributed by atoms with Crippen molar-refractivity contribution < 1.29 is 20.1 Å². The van der Waals surface area contributed by atoms with E-state index in [9.17, 15) is 20.1 Å². The summed E-state index contributed by atoms with van der Waals surface area (Å²) < 4.78 is 0. The zero-order valence-corrected chi connectivity index (χ0v) is 22.9. The van der Waals surface area contributed by atoms with Crippen LogP contribution in [0.5, 0.6) is 11.5 Å². The maximum Gasteiger partial charge on any atom is 0.306 e. The van der Waals surface area contributed by atoms with E-state index in [1.165, 1.54) is 35.3 Å². The molecule has 0 saturated heterocycles. The summed E-state index contributed by atoms with van der Waals surface area (Å²) in [5, 5.41) is 29.3. The molecule has 1 heterocycles. The summed E-state index contributed by atoms with van der Waals surface area (Å²) in [6, 6.07) is 13.5. The number of phenolic OH excluding ortho intramolecular Hbond substituents is 2. The van der Waals surface area contributed by atoms with Gasteiger partial charge in [-0.1, -0.05) is 89.8 Å². The predicted octanol–water partition coefficient (Wildman–Crippen LogP) is 8.65. The van der Waals surface area contributed by atoms with Crippen LogP contribution < -0.4 is 0 Å². The number of aliphatic carboxylic acids is 1. The fraction of sp³-hybridized carbons (Fsp3) is 0.581. The Kier molecular flexibility index (Phi) is 11.0. The summed E-state index contributed by atoms with van der Waals surface area (Å²) in [5.74, 6) is 1.13. The molecular weight excluding hydrogens is 468 g/mol. The van der Waals surface area contributed by atoms with Gasteiger partial charge in [-0.15, -0.1) is 11.8 Å². The molecule has 3 N–H and O–H groups in total. The maximum atomic E-state index is 11.5. The number of carbonyl (C=O) groups is 1. The number of hydrogen-bond acceptors (Lipinski definition) is 4. The molecule has 4 nitrogen and oxygen atoms in total. The topological polar surface area (TPSA) is 77.8 Å². The molecule has 1 aliphatic rings. The summed E-state index contributed by atoms with van der Waals surface area (Å²) in [6.45, 7) is 4.49. The monoisotopic (exact) mass is 512 g/mol. The average Bonchev–Trinajstić information content (AvgIpc) is 2.86. The molecule has 0 saturated carbocycles. The molecule has 0 aromatic heterocycles. The van der Waals surface area contributed by atoms with E-state index in [2.05, 4.69) is 32.0 Å². The van der Waals surface area contributed by atoms with E-state index < -0.39 is 5.97 Å². The minimum Gasteiger partial charge on any atom is -0.508 e. The number of phenols is 2. The van der Waals surface area contributed by atoms with Crippen molar-refractivity contribution in [3.8, 4) is 11.5 Å². The summed E-state index contributed by atoms with van der Waals surface area (Å²) in [4.78, 5) is 12.7. The number of carboxylic acids is 1. The number of carboxylic acid groups (broad SMARTS) is 1. The Morgan fingerprint density at radius 3 is 2.19 bits per heavy atom. The first-order valence-electron chi connectivity index (χ1n) is 13.8. The van der Waals surface area contributed by atoms with E-state index in [1.807, 2.05) is 23.9 Å². The number of fused-ring (bicyclic) bond motifs is 1. The fourth-order valence-electron chi connectivity index (χ4n) is 5.69. The molecule has 0 fully saturated rings. The molecule has 3 rings (SSSR count). The van der Waals surface area contributed by atoms with Crippen molar-refractivity contribution in [1.82, 2.24) is 0 Å². The van der Waals surface area contributed by atoms with Crippen molar-refractivity contribution in [3.63, 3.8) is 0 Å². The molecular formula is C31H44O4S. The standard InChI is InChI=1S/C31H44O4S/c1-3-4-9-12-23(30(34)35)13-10-7-5-6-8-11-14-28-27-20-19-26(33)21-29(27)36-22-31(28,2)24-15-17-25(32)18-16-24/h15-21,23,28,32-33H,3-14,22H2,1-2H3,(H,34,35). The van der Waals surface area contributed by atoms with Crippen LogP contribution in [-0.4, -0.2) is 27.0 Å². The lowest BCUT2D eigenvalue weighted by Crippen LogP contribution is -2.36. The van der Waals surface area contributed by atoms with Crippen molar-refractivity contribution in [2.24, 2.45) is 5.92 Å². The Morgan fingerprint density at radius 1 is 0.917 bits per heavy atom. The lowest BCUT2D eigenvalue weighted by atomic mass is 9.68. The van der Waals surface area contributed by atoms with Gasteiger partial charge in [-0.05, 0) is 60.6 Å². The summed E-state index contributed by atoms with van der Waals surface area (Å²) in [6.07, 6.45) is 12.8. The first kappa shape index (κ1) is 28.4. The van der Waals surface area contributed by atoms with Gasteiger partial charge in [0.25, 0.3) is 0 Å². The van der Waals surface area contributed by atoms with Crippen molar-refractivity contribution in [2.75, 3.05) is 5.75 Å². The molecule has 0 spiro atoms. The first-order valence-corrected chi connectivity index (χ1v) is 14.8. The molecule has 0 amide bonds. The third-order valence-corrected chi connectivity index (χ3v) is 9.41. The van der Waals surface area contributed by atoms with Gasteiger partial charge in [0.1, 0.15) is 11.5 Å². The van der Waals surface area contributed by atoms with E-state index in [-0.39, 0.29) is 11.3 Å². The average molecular weight is 513 g/mol. The van der Waals surface area contributed by atoms with Crippen molar-refractivity contribution >= 4 is 17.7 Å². The molecule has 0 radical (unpaired) electrons. The van der Waals surface area contributed by atoms with E-state index in [0.717, 1.165) is 63.5 Å². The number of aromatic hydroxyl groups is 2. The van der Waals surface area contributed by atoms with Crippen LogP contribution in [-0.2, 0) is 10.2 Å². The lowest BCUT2D eigenvalue weighted by molar-refractivity contribution is -0.142. The summed E-state index contributed by atoms with van der Waals surface area (Å²) in [5.41, 5.74) is 2.54. The van der Waals surface area contributed by atoms with Crippen LogP contribution >= 0.6 is 11.8 Å². The Balaban J connectivity index is 1.50. The van der Waals surface area contributed by atoms with Gasteiger partial charge in [0.05, 0.1) is 5.92 Å². The molecule has 0 bridgehead atoms. The van der Waals surface area contributed by atoms with Gasteiger partial charge in [0, 0.05) is 16.1 Å². The molecule has 1 aliphatic heterocycles. The van der Waals surface area contributed by atoms with Gasteiger partial charge >= 0.3 is 5.97 Å². The molecule has 198 valence electrons. The largest absolute Gasteiger partial charge is 0.508 e. The number of unbranched alkanes of at least 4 members (excludes halogenated alkanes) is 7. The highest BCUT2D eigenvalue weighted by atomic mass is 32.2. The van der Waals surface area contributed by atoms with Gasteiger partial charge in [0.15, 0.2) is 0 Å². The molecule has 5 heteroatoms. The second-order valence-electron chi connectivity index (χ2n) is 10.8. The van der Waals surface area contributed by atoms with E-state index >= 15 is 0 Å². The molecule has 36 heavy (non-hydrogen) atoms. The van der Waals surface area contributed by atoms with Crippen LogP contribution in [0.1, 0.15) is 108 Å². The normalized spacial score (nSPS) is 20.1. The number of thioether (sulfide) groups is 1. The second-order valence-corrected chi connectivity index (χ2v) is 11.8. The molecule has 2 aromatic carbocycles. The Morgan fingerprint density at radius 2 is 1.53 bits per heavy atom. The molecule has 3 atom stereocenters. The summed E-state index contributed by atoms with van der Waals surface area (Å²) >= 11 is 1.81. The van der Waals surface area contributed by atoms with E-state index in [0.29, 0.717) is 17.4 Å². The zero-order valence-electron chi connectivity index (χ0n) is 22.0. The summed E-state index contributed by atoms with van der Waals surface area (Å²) in [7, 11) is 0. The fourth-order valence-corrected chi connectivity index (χ4v) is 7.09. The van der Waals surface area contributed by atoms with Crippen LogP contribution in [0, 0.1) is 5.92 Å². The smallest absolute Gasteiger partial charge is 0.306 e. The van der Waals surface area contributed by atoms with Gasteiger partial charge in [-0.3, -0.25) is 4.79 Å². The van der Waals surface area contributed by atoms with Gasteiger partial charge < -0.3 is 15.3 Å². The molecule has 2 aromatic rings. The van der Waals surface area contributed by atoms with Crippen molar-refractivity contribution in [3.05, 3.63) is 53.6 Å². The highest BCUT2D eigenvalue weighted by Gasteiger charge is 2.41. The minimum atomic E-state index is -0.623. The highest BCUT2D eigenvalue weighted by molar-refractivity contribution is 7.99. The predicted molar refractivity (Wildman–Crippen MR) is 149 cm³/mol. The Hall–Kier alpha value is -2.14. The van der Waals surface area contributed by atoms with Gasteiger partial charge in [0.2, 0.25) is 0 Å². The minimum absolute atomic E-state index is 0.0358. The molecule has 3 unspecified atom stereocenters. The van der Waals surface area contributed by atoms with Gasteiger partial charge in [-0.2, -0.15) is 0 Å². The van der Waals surface area contributed by atoms with E-state index in [4.69, 9.17) is 0 Å². The Bertz CT molecular complexity index is 958. The Labute approximate surface area is 221 Å². The maximum absolute atomic E-state index is 11.5. The number of benzene rings is 2. The quantitative estimate of drug-likeness (QED) is 0.208. The first-order chi connectivity index (χ1) is 17.3. The van der Waals surface area contributed by atoms with Crippen LogP contribution in [0.4, 0.5) is 0 Å². The van der Waals surface area contributed by atoms with Crippen LogP contribution in [0.25, 0.3) is 0 Å². The van der Waals surface area contributed by atoms with E-state index in [1.54, 1.807) is 12.1 Å². The van der Waals surface area contributed by atoms with Crippen LogP contribution in [0.2, 0.25) is 0 Å². The van der Waals surface area contributed by atoms with Crippen molar-refractivity contribution in [1.29, 1.82) is 0 Å². The number of hydrogen-bond donors (Lipinski definition) is 3. The lowest BCUT2D eigenvalue weighted by Gasteiger charge is -2.43. The SMILES string of the molecule is CCCCCC(CCCCCCCCC1c2ccc(O)cc2SCC1(C)c1ccc(O)cc1)C(=O)O. The van der Waals surface area contributed by atoms with Crippen LogP contribution in [0.15, 0.2) is 47.4 Å². The third-order valence-electron chi connectivity index (χ3n) is 8.00. The van der Waals surface area contributed by atoms with Crippen LogP contribution in [0.3, 0.4) is 0 Å². The zero-order chi connectivity index (χ0) is 26.0. The second kappa shape index (κ2) is 14.0. The number of rotatable bonds is 15. The van der Waals surface area contributed by atoms with Crippen molar-refractivity contribution in [2.45, 2.75) is 107 Å².